The lowest BCUT2D eigenvalue weighted by Crippen LogP contribution is -2.38. The minimum atomic E-state index is 0.0152. The summed E-state index contributed by atoms with van der Waals surface area (Å²) in [5, 5.41) is 9.98. The molecule has 1 aromatic rings. The van der Waals surface area contributed by atoms with Gasteiger partial charge in [-0.1, -0.05) is 17.7 Å². The zero-order chi connectivity index (χ0) is 14.7. The lowest BCUT2D eigenvalue weighted by atomic mass is 10.0. The molecule has 0 bridgehead atoms. The summed E-state index contributed by atoms with van der Waals surface area (Å²) in [5.41, 5.74) is 1.99. The molecular formula is C16H24N2O2. The standard InChI is InChI=1S/C16H24N2O2/c1-12-6-7-15(19)14(10-12)13(2)17(3)11-16(20)18-8-4-5-9-18/h6-7,10,13,19H,4-5,8-9,11H2,1-3H3. The number of aromatic hydroxyl groups is 1. The van der Waals surface area contributed by atoms with Gasteiger partial charge in [-0.05, 0) is 39.8 Å². The number of likely N-dealkylation sites (tertiary alicyclic amines) is 1. The molecule has 1 fully saturated rings. The normalized spacial score (nSPS) is 16.7. The van der Waals surface area contributed by atoms with Gasteiger partial charge in [0.25, 0.3) is 0 Å². The van der Waals surface area contributed by atoms with E-state index in [0.29, 0.717) is 12.3 Å². The molecule has 0 radical (unpaired) electrons. The van der Waals surface area contributed by atoms with E-state index in [-0.39, 0.29) is 11.9 Å². The Labute approximate surface area is 121 Å². The fourth-order valence-electron chi connectivity index (χ4n) is 2.66. The van der Waals surface area contributed by atoms with Crippen molar-refractivity contribution in [1.29, 1.82) is 0 Å². The van der Waals surface area contributed by atoms with Crippen LogP contribution in [0.5, 0.6) is 5.75 Å². The predicted octanol–water partition coefficient (Wildman–Crippen LogP) is 2.32. The van der Waals surface area contributed by atoms with Gasteiger partial charge >= 0.3 is 0 Å². The highest BCUT2D eigenvalue weighted by Crippen LogP contribution is 2.28. The zero-order valence-electron chi connectivity index (χ0n) is 12.6. The molecule has 0 aromatic heterocycles. The highest BCUT2D eigenvalue weighted by Gasteiger charge is 2.22. The molecule has 1 unspecified atom stereocenters. The number of likely N-dealkylation sites (N-methyl/N-ethyl adjacent to an activating group) is 1. The van der Waals surface area contributed by atoms with Gasteiger partial charge in [0.15, 0.2) is 0 Å². The van der Waals surface area contributed by atoms with Crippen LogP contribution in [0.3, 0.4) is 0 Å². The average molecular weight is 276 g/mol. The molecular weight excluding hydrogens is 252 g/mol. The minimum absolute atomic E-state index is 0.0152. The third-order valence-electron chi connectivity index (χ3n) is 4.14. The van der Waals surface area contributed by atoms with Gasteiger partial charge in [0.1, 0.15) is 5.75 Å². The molecule has 1 amide bonds. The Kier molecular flexibility index (Phi) is 4.65. The number of hydrogen-bond acceptors (Lipinski definition) is 3. The molecule has 1 atom stereocenters. The number of carbonyl (C=O) groups is 1. The monoisotopic (exact) mass is 276 g/mol. The number of amides is 1. The number of nitrogens with zero attached hydrogens (tertiary/aromatic N) is 2. The molecule has 4 nitrogen and oxygen atoms in total. The Morgan fingerprint density at radius 3 is 2.70 bits per heavy atom. The van der Waals surface area contributed by atoms with Gasteiger partial charge in [0.2, 0.25) is 5.91 Å². The summed E-state index contributed by atoms with van der Waals surface area (Å²) in [6.45, 7) is 6.19. The van der Waals surface area contributed by atoms with E-state index in [0.717, 1.165) is 37.1 Å². The van der Waals surface area contributed by atoms with Crippen LogP contribution in [0.25, 0.3) is 0 Å². The average Bonchev–Trinajstić information content (AvgIpc) is 2.94. The van der Waals surface area contributed by atoms with E-state index < -0.39 is 0 Å². The number of benzene rings is 1. The fraction of sp³-hybridized carbons (Fsp3) is 0.562. The molecule has 0 saturated carbocycles. The molecule has 110 valence electrons. The van der Waals surface area contributed by atoms with E-state index in [1.807, 2.05) is 42.8 Å². The van der Waals surface area contributed by atoms with Crippen LogP contribution in [0, 0.1) is 6.92 Å². The van der Waals surface area contributed by atoms with E-state index >= 15 is 0 Å². The van der Waals surface area contributed by atoms with Gasteiger partial charge in [-0.3, -0.25) is 9.69 Å². The van der Waals surface area contributed by atoms with Crippen LogP contribution in [0.15, 0.2) is 18.2 Å². The van der Waals surface area contributed by atoms with E-state index in [4.69, 9.17) is 0 Å². The van der Waals surface area contributed by atoms with Crippen molar-refractivity contribution in [3.05, 3.63) is 29.3 Å². The summed E-state index contributed by atoms with van der Waals surface area (Å²) in [5.74, 6) is 0.479. The SMILES string of the molecule is Cc1ccc(O)c(C(C)N(C)CC(=O)N2CCCC2)c1. The van der Waals surface area contributed by atoms with Crippen molar-refractivity contribution in [3.8, 4) is 5.75 Å². The molecule has 2 rings (SSSR count). The summed E-state index contributed by atoms with van der Waals surface area (Å²) in [6, 6.07) is 5.61. The minimum Gasteiger partial charge on any atom is -0.508 e. The van der Waals surface area contributed by atoms with Crippen LogP contribution < -0.4 is 0 Å². The van der Waals surface area contributed by atoms with E-state index in [9.17, 15) is 9.90 Å². The summed E-state index contributed by atoms with van der Waals surface area (Å²) in [4.78, 5) is 16.1. The maximum Gasteiger partial charge on any atom is 0.236 e. The highest BCUT2D eigenvalue weighted by molar-refractivity contribution is 5.78. The van der Waals surface area contributed by atoms with Gasteiger partial charge in [-0.15, -0.1) is 0 Å². The molecule has 0 spiro atoms. The highest BCUT2D eigenvalue weighted by atomic mass is 16.3. The molecule has 4 heteroatoms. The fourth-order valence-corrected chi connectivity index (χ4v) is 2.66. The lowest BCUT2D eigenvalue weighted by molar-refractivity contribution is -0.131. The van der Waals surface area contributed by atoms with Crippen LogP contribution in [0.4, 0.5) is 0 Å². The van der Waals surface area contributed by atoms with Gasteiger partial charge < -0.3 is 10.0 Å². The van der Waals surface area contributed by atoms with E-state index in [1.165, 1.54) is 0 Å². The smallest absolute Gasteiger partial charge is 0.236 e. The van der Waals surface area contributed by atoms with Crippen molar-refractivity contribution in [3.63, 3.8) is 0 Å². The van der Waals surface area contributed by atoms with Crippen LogP contribution in [-0.4, -0.2) is 47.5 Å². The number of rotatable bonds is 4. The van der Waals surface area contributed by atoms with Crippen molar-refractivity contribution >= 4 is 5.91 Å². The molecule has 1 saturated heterocycles. The molecule has 1 aliphatic heterocycles. The van der Waals surface area contributed by atoms with Crippen LogP contribution in [0.2, 0.25) is 0 Å². The van der Waals surface area contributed by atoms with Gasteiger partial charge in [0.05, 0.1) is 6.54 Å². The van der Waals surface area contributed by atoms with Crippen molar-refractivity contribution in [2.45, 2.75) is 32.7 Å². The van der Waals surface area contributed by atoms with Crippen LogP contribution in [-0.2, 0) is 4.79 Å². The van der Waals surface area contributed by atoms with Crippen molar-refractivity contribution in [2.75, 3.05) is 26.7 Å². The number of hydrogen-bond donors (Lipinski definition) is 1. The summed E-state index contributed by atoms with van der Waals surface area (Å²) < 4.78 is 0. The zero-order valence-corrected chi connectivity index (χ0v) is 12.6. The Morgan fingerprint density at radius 1 is 1.40 bits per heavy atom. The molecule has 1 aromatic carbocycles. The van der Waals surface area contributed by atoms with Crippen LogP contribution >= 0.6 is 0 Å². The maximum atomic E-state index is 12.2. The van der Waals surface area contributed by atoms with Crippen LogP contribution in [0.1, 0.15) is 36.9 Å². The Bertz CT molecular complexity index is 481. The Hall–Kier alpha value is -1.55. The number of carbonyl (C=O) groups excluding carboxylic acids is 1. The second-order valence-corrected chi connectivity index (χ2v) is 5.74. The molecule has 1 heterocycles. The quantitative estimate of drug-likeness (QED) is 0.918. The maximum absolute atomic E-state index is 12.2. The first-order chi connectivity index (χ1) is 9.49. The first kappa shape index (κ1) is 14.9. The lowest BCUT2D eigenvalue weighted by Gasteiger charge is -2.27. The molecule has 20 heavy (non-hydrogen) atoms. The summed E-state index contributed by atoms with van der Waals surface area (Å²) in [7, 11) is 1.93. The van der Waals surface area contributed by atoms with Gasteiger partial charge in [-0.25, -0.2) is 0 Å². The predicted molar refractivity (Wildman–Crippen MR) is 79.7 cm³/mol. The molecule has 1 aliphatic rings. The first-order valence-corrected chi connectivity index (χ1v) is 7.26. The number of aryl methyl sites for hydroxylation is 1. The van der Waals surface area contributed by atoms with E-state index in [2.05, 4.69) is 0 Å². The third-order valence-corrected chi connectivity index (χ3v) is 4.14. The topological polar surface area (TPSA) is 43.8 Å². The summed E-state index contributed by atoms with van der Waals surface area (Å²) >= 11 is 0. The Balaban J connectivity index is 2.02. The summed E-state index contributed by atoms with van der Waals surface area (Å²) in [6.07, 6.45) is 2.23. The molecule has 0 aliphatic carbocycles. The number of phenols is 1. The third kappa shape index (κ3) is 3.31. The largest absolute Gasteiger partial charge is 0.508 e. The Morgan fingerprint density at radius 2 is 2.05 bits per heavy atom. The van der Waals surface area contributed by atoms with E-state index in [1.54, 1.807) is 6.07 Å². The van der Waals surface area contributed by atoms with Crippen molar-refractivity contribution in [2.24, 2.45) is 0 Å². The second-order valence-electron chi connectivity index (χ2n) is 5.74. The van der Waals surface area contributed by atoms with Gasteiger partial charge in [-0.2, -0.15) is 0 Å². The molecule has 1 N–H and O–H groups in total. The second kappa shape index (κ2) is 6.27. The first-order valence-electron chi connectivity index (χ1n) is 7.26. The van der Waals surface area contributed by atoms with Crippen molar-refractivity contribution in [1.82, 2.24) is 9.80 Å². The van der Waals surface area contributed by atoms with Gasteiger partial charge in [0, 0.05) is 24.7 Å². The number of phenolic OH excluding ortho intramolecular Hbond substituents is 1. The van der Waals surface area contributed by atoms with Crippen molar-refractivity contribution < 1.29 is 9.90 Å².